The number of rotatable bonds is 16. The number of nitrogens with one attached hydrogen (secondary N) is 6. The summed E-state index contributed by atoms with van der Waals surface area (Å²) >= 11 is 10.3. The SMILES string of the molecule is CCNCC(Cc1ccccc1)NC(=O)c1cc(Br)c(-c2ccnc3[nH]ccc23)s1.CCNCC(Cc1ccccc1)NC(=O)c1cc(Br)c(-c2ccnc3[nH]ccc23)s1.Cl.Cl. The van der Waals surface area contributed by atoms with Crippen molar-refractivity contribution >= 4 is 113 Å². The predicted octanol–water partition coefficient (Wildman–Crippen LogP) is 10.9. The minimum atomic E-state index is -0.0508. The molecule has 0 bridgehead atoms. The standard InChI is InChI=1S/2C23H23BrN4OS.2ClH/c2*1-2-25-14-16(12-15-6-4-3-5-7-15)28-23(29)20-13-19(24)21(30-20)17-8-10-26-22-18(17)9-11-27-22;;/h2*3-11,13,16,25H,2,12,14H2,1H3,(H,26,27)(H,28,29);2*1H. The van der Waals surface area contributed by atoms with Crippen LogP contribution in [0.15, 0.2) is 131 Å². The fourth-order valence-corrected chi connectivity index (χ4v) is 10.6. The van der Waals surface area contributed by atoms with E-state index in [1.54, 1.807) is 12.4 Å². The van der Waals surface area contributed by atoms with Crippen LogP contribution in [-0.2, 0) is 12.8 Å². The molecule has 6 aromatic heterocycles. The maximum atomic E-state index is 13.1. The Morgan fingerprint density at radius 1 is 0.613 bits per heavy atom. The van der Waals surface area contributed by atoms with Gasteiger partial charge in [-0.25, -0.2) is 9.97 Å². The summed E-state index contributed by atoms with van der Waals surface area (Å²) in [5.41, 5.74) is 6.22. The average molecular weight is 1040 g/mol. The summed E-state index contributed by atoms with van der Waals surface area (Å²) in [7, 11) is 0. The van der Waals surface area contributed by atoms with Crippen LogP contribution >= 0.6 is 79.3 Å². The molecular weight excluding hydrogens is 991 g/mol. The molecule has 8 rings (SSSR count). The number of pyridine rings is 2. The molecular formula is C46H48Br2Cl2N8O2S2. The molecule has 324 valence electrons. The number of hydrogen-bond donors (Lipinski definition) is 6. The van der Waals surface area contributed by atoms with Crippen molar-refractivity contribution in [2.45, 2.75) is 38.8 Å². The quantitative estimate of drug-likeness (QED) is 0.0570. The second-order valence-corrected chi connectivity index (χ2v) is 17.9. The Bertz CT molecular complexity index is 2470. The van der Waals surface area contributed by atoms with E-state index in [1.807, 2.05) is 85.2 Å². The summed E-state index contributed by atoms with van der Waals surface area (Å²) in [6.45, 7) is 7.33. The van der Waals surface area contributed by atoms with Gasteiger partial charge in [-0.05, 0) is 105 Å². The molecule has 0 aliphatic carbocycles. The number of benzene rings is 2. The predicted molar refractivity (Wildman–Crippen MR) is 269 cm³/mol. The van der Waals surface area contributed by atoms with Crippen molar-refractivity contribution in [1.29, 1.82) is 0 Å². The van der Waals surface area contributed by atoms with Crippen LogP contribution in [0, 0.1) is 0 Å². The van der Waals surface area contributed by atoms with Crippen molar-refractivity contribution in [2.75, 3.05) is 26.2 Å². The van der Waals surface area contributed by atoms with E-state index in [0.29, 0.717) is 9.75 Å². The minimum absolute atomic E-state index is 0. The van der Waals surface area contributed by atoms with Gasteiger partial charge in [0.2, 0.25) is 0 Å². The molecule has 0 radical (unpaired) electrons. The lowest BCUT2D eigenvalue weighted by molar-refractivity contribution is 0.0932. The molecule has 2 unspecified atom stereocenters. The molecule has 16 heteroatoms. The highest BCUT2D eigenvalue weighted by molar-refractivity contribution is 9.11. The summed E-state index contributed by atoms with van der Waals surface area (Å²) < 4.78 is 1.83. The highest BCUT2D eigenvalue weighted by Gasteiger charge is 2.21. The van der Waals surface area contributed by atoms with Crippen LogP contribution in [0.3, 0.4) is 0 Å². The maximum Gasteiger partial charge on any atom is 0.261 e. The van der Waals surface area contributed by atoms with Crippen LogP contribution in [0.4, 0.5) is 0 Å². The van der Waals surface area contributed by atoms with Crippen LogP contribution in [0.5, 0.6) is 0 Å². The fourth-order valence-electron chi connectivity index (χ4n) is 6.94. The van der Waals surface area contributed by atoms with Crippen LogP contribution in [-0.4, -0.2) is 70.0 Å². The zero-order valence-electron chi connectivity index (χ0n) is 34.0. The van der Waals surface area contributed by atoms with E-state index in [1.165, 1.54) is 33.8 Å². The van der Waals surface area contributed by atoms with Crippen molar-refractivity contribution in [2.24, 2.45) is 0 Å². The number of likely N-dealkylation sites (N-methyl/N-ethyl adjacent to an activating group) is 2. The lowest BCUT2D eigenvalue weighted by atomic mass is 10.1. The number of fused-ring (bicyclic) bond motifs is 2. The van der Waals surface area contributed by atoms with Gasteiger partial charge < -0.3 is 31.2 Å². The minimum Gasteiger partial charge on any atom is -0.347 e. The highest BCUT2D eigenvalue weighted by Crippen LogP contribution is 2.40. The van der Waals surface area contributed by atoms with Gasteiger partial charge >= 0.3 is 0 Å². The zero-order valence-corrected chi connectivity index (χ0v) is 40.5. The molecule has 2 amide bonds. The van der Waals surface area contributed by atoms with Crippen molar-refractivity contribution < 1.29 is 9.59 Å². The van der Waals surface area contributed by atoms with Crippen molar-refractivity contribution in [3.05, 3.63) is 152 Å². The second kappa shape index (κ2) is 23.9. The first-order chi connectivity index (χ1) is 29.3. The van der Waals surface area contributed by atoms with E-state index in [2.05, 4.69) is 111 Å². The lowest BCUT2D eigenvalue weighted by Crippen LogP contribution is -2.43. The van der Waals surface area contributed by atoms with Gasteiger partial charge in [-0.15, -0.1) is 47.5 Å². The van der Waals surface area contributed by atoms with Crippen molar-refractivity contribution in [3.63, 3.8) is 0 Å². The number of amides is 2. The lowest BCUT2D eigenvalue weighted by Gasteiger charge is -2.19. The number of H-pyrrole nitrogens is 2. The first-order valence-electron chi connectivity index (χ1n) is 19.9. The van der Waals surface area contributed by atoms with E-state index in [-0.39, 0.29) is 48.7 Å². The summed E-state index contributed by atoms with van der Waals surface area (Å²) in [6.07, 6.45) is 8.90. The van der Waals surface area contributed by atoms with Gasteiger partial charge in [0.25, 0.3) is 11.8 Å². The number of aromatic amines is 2. The number of thiophene rings is 2. The number of aromatic nitrogens is 4. The van der Waals surface area contributed by atoms with Gasteiger partial charge in [-0.2, -0.15) is 0 Å². The third-order valence-electron chi connectivity index (χ3n) is 9.83. The van der Waals surface area contributed by atoms with E-state index in [4.69, 9.17) is 0 Å². The van der Waals surface area contributed by atoms with Crippen molar-refractivity contribution in [1.82, 2.24) is 41.2 Å². The molecule has 6 N–H and O–H groups in total. The van der Waals surface area contributed by atoms with E-state index in [9.17, 15) is 9.59 Å². The largest absolute Gasteiger partial charge is 0.347 e. The number of carbonyl (C=O) groups excluding carboxylic acids is 2. The molecule has 62 heavy (non-hydrogen) atoms. The summed E-state index contributed by atoms with van der Waals surface area (Å²) in [5, 5.41) is 15.2. The molecule has 10 nitrogen and oxygen atoms in total. The molecule has 2 atom stereocenters. The molecule has 0 saturated heterocycles. The summed E-state index contributed by atoms with van der Waals surface area (Å²) in [6, 6.07) is 32.3. The van der Waals surface area contributed by atoms with E-state index < -0.39 is 0 Å². The third kappa shape index (κ3) is 12.4. The highest BCUT2D eigenvalue weighted by atomic mass is 79.9. The maximum absolute atomic E-state index is 13.1. The van der Waals surface area contributed by atoms with Gasteiger partial charge in [0, 0.05) is 80.8 Å². The normalized spacial score (nSPS) is 11.8. The molecule has 8 aromatic rings. The number of hydrogen-bond acceptors (Lipinski definition) is 8. The molecule has 0 aliphatic heterocycles. The Morgan fingerprint density at radius 3 is 1.40 bits per heavy atom. The second-order valence-electron chi connectivity index (χ2n) is 14.1. The molecule has 0 fully saturated rings. The van der Waals surface area contributed by atoms with E-state index in [0.717, 1.165) is 90.9 Å². The zero-order chi connectivity index (χ0) is 41.8. The molecule has 2 aromatic carbocycles. The number of halogens is 4. The summed E-state index contributed by atoms with van der Waals surface area (Å²) in [5.74, 6) is -0.102. The molecule has 0 aliphatic rings. The number of carbonyl (C=O) groups is 2. The first-order valence-corrected chi connectivity index (χ1v) is 23.1. The Labute approximate surface area is 398 Å². The molecule has 0 saturated carbocycles. The van der Waals surface area contributed by atoms with Gasteiger partial charge in [0.05, 0.1) is 19.5 Å². The fraction of sp³-hybridized carbons (Fsp3) is 0.217. The smallest absolute Gasteiger partial charge is 0.261 e. The van der Waals surface area contributed by atoms with Crippen LogP contribution in [0.2, 0.25) is 0 Å². The first kappa shape index (κ1) is 48.6. The van der Waals surface area contributed by atoms with Crippen LogP contribution < -0.4 is 21.3 Å². The molecule has 0 spiro atoms. The Balaban J connectivity index is 0.000000227. The Morgan fingerprint density at radius 2 is 1.02 bits per heavy atom. The third-order valence-corrected chi connectivity index (χ3v) is 13.9. The van der Waals surface area contributed by atoms with Crippen molar-refractivity contribution in [3.8, 4) is 20.9 Å². The summed E-state index contributed by atoms with van der Waals surface area (Å²) in [4.78, 5) is 44.5. The van der Waals surface area contributed by atoms with Crippen LogP contribution in [0.25, 0.3) is 42.9 Å². The molecule has 6 heterocycles. The monoisotopic (exact) mass is 1040 g/mol. The average Bonchev–Trinajstić information content (AvgIpc) is 4.10. The Kier molecular flexibility index (Phi) is 18.7. The van der Waals surface area contributed by atoms with Gasteiger partial charge in [0.15, 0.2) is 0 Å². The van der Waals surface area contributed by atoms with Gasteiger partial charge in [-0.1, -0.05) is 74.5 Å². The Hall–Kier alpha value is -4.38. The van der Waals surface area contributed by atoms with E-state index >= 15 is 0 Å². The topological polar surface area (TPSA) is 140 Å². The van der Waals surface area contributed by atoms with Gasteiger partial charge in [-0.3, -0.25) is 9.59 Å². The number of nitrogens with zero attached hydrogens (tertiary/aromatic N) is 2. The van der Waals surface area contributed by atoms with Crippen LogP contribution in [0.1, 0.15) is 44.3 Å². The van der Waals surface area contributed by atoms with Gasteiger partial charge in [0.1, 0.15) is 11.3 Å².